The molecule has 0 bridgehead atoms. The minimum absolute atomic E-state index is 0.0488. The van der Waals surface area contributed by atoms with Gasteiger partial charge in [-0.25, -0.2) is 4.79 Å². The standard InChI is InChI=1S/C23H29N3O2/c1-16(2)25(14-19-8-6-5-7-9-19)23(28)24-20-13-22(27)26(15-20)21-11-10-17(3)18(4)12-21/h5-12,16,20H,13-15H2,1-4H3,(H,24,28)/t20-/m0/s1. The van der Waals surface area contributed by atoms with Gasteiger partial charge in [-0.1, -0.05) is 36.4 Å². The van der Waals surface area contributed by atoms with Crippen LogP contribution in [-0.4, -0.2) is 35.5 Å². The van der Waals surface area contributed by atoms with Crippen molar-refractivity contribution in [3.05, 3.63) is 65.2 Å². The molecule has 2 aromatic carbocycles. The molecule has 1 fully saturated rings. The normalized spacial score (nSPS) is 16.5. The Morgan fingerprint density at radius 2 is 1.86 bits per heavy atom. The molecule has 0 spiro atoms. The number of urea groups is 1. The lowest BCUT2D eigenvalue weighted by atomic mass is 10.1. The van der Waals surface area contributed by atoms with Crippen molar-refractivity contribution in [2.75, 3.05) is 11.4 Å². The monoisotopic (exact) mass is 379 g/mol. The van der Waals surface area contributed by atoms with Crippen LogP contribution in [0.5, 0.6) is 0 Å². The average Bonchev–Trinajstić information content (AvgIpc) is 3.02. The van der Waals surface area contributed by atoms with E-state index < -0.39 is 0 Å². The van der Waals surface area contributed by atoms with Crippen molar-refractivity contribution in [3.63, 3.8) is 0 Å². The lowest BCUT2D eigenvalue weighted by Gasteiger charge is -2.28. The van der Waals surface area contributed by atoms with Gasteiger partial charge >= 0.3 is 6.03 Å². The minimum atomic E-state index is -0.182. The fourth-order valence-corrected chi connectivity index (χ4v) is 3.47. The summed E-state index contributed by atoms with van der Waals surface area (Å²) < 4.78 is 0. The first-order chi connectivity index (χ1) is 13.3. The van der Waals surface area contributed by atoms with Crippen molar-refractivity contribution >= 4 is 17.6 Å². The maximum atomic E-state index is 12.9. The Balaban J connectivity index is 1.66. The zero-order valence-corrected chi connectivity index (χ0v) is 17.1. The molecule has 1 saturated heterocycles. The first-order valence-corrected chi connectivity index (χ1v) is 9.84. The highest BCUT2D eigenvalue weighted by molar-refractivity contribution is 5.97. The summed E-state index contributed by atoms with van der Waals surface area (Å²) in [6.07, 6.45) is 0.329. The summed E-state index contributed by atoms with van der Waals surface area (Å²) in [6.45, 7) is 9.16. The molecule has 0 aromatic heterocycles. The van der Waals surface area contributed by atoms with Gasteiger partial charge in [0.2, 0.25) is 5.91 Å². The molecule has 0 saturated carbocycles. The Kier molecular flexibility index (Phi) is 6.02. The maximum Gasteiger partial charge on any atom is 0.318 e. The molecule has 1 aliphatic rings. The van der Waals surface area contributed by atoms with Gasteiger partial charge in [0.25, 0.3) is 0 Å². The van der Waals surface area contributed by atoms with Crippen molar-refractivity contribution in [2.24, 2.45) is 0 Å². The second-order valence-electron chi connectivity index (χ2n) is 7.83. The Labute approximate surface area is 167 Å². The van der Waals surface area contributed by atoms with Crippen LogP contribution in [0.4, 0.5) is 10.5 Å². The number of amides is 3. The maximum absolute atomic E-state index is 12.9. The molecule has 148 valence electrons. The molecule has 0 aliphatic carbocycles. The van der Waals surface area contributed by atoms with Gasteiger partial charge in [0.1, 0.15) is 0 Å². The molecule has 0 radical (unpaired) electrons. The van der Waals surface area contributed by atoms with Crippen molar-refractivity contribution in [2.45, 2.75) is 52.7 Å². The van der Waals surface area contributed by atoms with Gasteiger partial charge < -0.3 is 15.1 Å². The Hall–Kier alpha value is -2.82. The second kappa shape index (κ2) is 8.46. The molecule has 3 amide bonds. The van der Waals surface area contributed by atoms with Crippen LogP contribution in [0.15, 0.2) is 48.5 Å². The molecule has 28 heavy (non-hydrogen) atoms. The number of rotatable bonds is 5. The first kappa shape index (κ1) is 19.9. The minimum Gasteiger partial charge on any atom is -0.333 e. The lowest BCUT2D eigenvalue weighted by molar-refractivity contribution is -0.117. The Morgan fingerprint density at radius 3 is 2.50 bits per heavy atom. The van der Waals surface area contributed by atoms with E-state index in [2.05, 4.69) is 12.2 Å². The zero-order valence-electron chi connectivity index (χ0n) is 17.1. The van der Waals surface area contributed by atoms with E-state index in [4.69, 9.17) is 0 Å². The Bertz CT molecular complexity index is 848. The number of nitrogens with one attached hydrogen (secondary N) is 1. The van der Waals surface area contributed by atoms with E-state index in [1.165, 1.54) is 5.56 Å². The highest BCUT2D eigenvalue weighted by atomic mass is 16.2. The van der Waals surface area contributed by atoms with Gasteiger partial charge in [0.05, 0.1) is 6.04 Å². The topological polar surface area (TPSA) is 52.7 Å². The number of hydrogen-bond donors (Lipinski definition) is 1. The van der Waals surface area contributed by atoms with Crippen LogP contribution in [0.25, 0.3) is 0 Å². The molecular weight excluding hydrogens is 350 g/mol. The van der Waals surface area contributed by atoms with E-state index in [0.29, 0.717) is 19.5 Å². The van der Waals surface area contributed by atoms with Gasteiger partial charge in [-0.2, -0.15) is 0 Å². The molecule has 3 rings (SSSR count). The van der Waals surface area contributed by atoms with Crippen LogP contribution in [0.2, 0.25) is 0 Å². The number of aryl methyl sites for hydroxylation is 2. The third kappa shape index (κ3) is 4.53. The summed E-state index contributed by atoms with van der Waals surface area (Å²) in [4.78, 5) is 29.0. The molecule has 1 heterocycles. The fourth-order valence-electron chi connectivity index (χ4n) is 3.47. The first-order valence-electron chi connectivity index (χ1n) is 9.84. The number of hydrogen-bond acceptors (Lipinski definition) is 2. The van der Waals surface area contributed by atoms with Crippen molar-refractivity contribution in [1.29, 1.82) is 0 Å². The molecular formula is C23H29N3O2. The van der Waals surface area contributed by atoms with Crippen molar-refractivity contribution in [3.8, 4) is 0 Å². The summed E-state index contributed by atoms with van der Waals surface area (Å²) in [5, 5.41) is 3.06. The molecule has 0 unspecified atom stereocenters. The summed E-state index contributed by atoms with van der Waals surface area (Å²) in [6, 6.07) is 15.7. The molecule has 5 nitrogen and oxygen atoms in total. The number of benzene rings is 2. The van der Waals surface area contributed by atoms with Crippen molar-refractivity contribution in [1.82, 2.24) is 10.2 Å². The van der Waals surface area contributed by atoms with Gasteiger partial charge in [-0.15, -0.1) is 0 Å². The molecule has 1 atom stereocenters. The smallest absolute Gasteiger partial charge is 0.318 e. The number of carbonyl (C=O) groups excluding carboxylic acids is 2. The number of carbonyl (C=O) groups is 2. The average molecular weight is 380 g/mol. The highest BCUT2D eigenvalue weighted by Crippen LogP contribution is 2.24. The number of nitrogens with zero attached hydrogens (tertiary/aromatic N) is 2. The summed E-state index contributed by atoms with van der Waals surface area (Å²) >= 11 is 0. The summed E-state index contributed by atoms with van der Waals surface area (Å²) in [7, 11) is 0. The van der Waals surface area contributed by atoms with Crippen LogP contribution in [-0.2, 0) is 11.3 Å². The highest BCUT2D eigenvalue weighted by Gasteiger charge is 2.33. The van der Waals surface area contributed by atoms with E-state index in [9.17, 15) is 9.59 Å². The van der Waals surface area contributed by atoms with Gasteiger partial charge in [0, 0.05) is 31.2 Å². The van der Waals surface area contributed by atoms with E-state index in [1.807, 2.05) is 69.3 Å². The SMILES string of the molecule is Cc1ccc(N2C[C@@H](NC(=O)N(Cc3ccccc3)C(C)C)CC2=O)cc1C. The summed E-state index contributed by atoms with van der Waals surface area (Å²) in [5.41, 5.74) is 4.35. The zero-order chi connectivity index (χ0) is 20.3. The van der Waals surface area contributed by atoms with E-state index >= 15 is 0 Å². The van der Waals surface area contributed by atoms with Gasteiger partial charge in [0.15, 0.2) is 0 Å². The van der Waals surface area contributed by atoms with Crippen LogP contribution in [0, 0.1) is 13.8 Å². The molecule has 5 heteroatoms. The number of anilines is 1. The van der Waals surface area contributed by atoms with E-state index in [1.54, 1.807) is 9.80 Å². The third-order valence-corrected chi connectivity index (χ3v) is 5.33. The summed E-state index contributed by atoms with van der Waals surface area (Å²) in [5.74, 6) is 0.0488. The van der Waals surface area contributed by atoms with Crippen LogP contribution in [0.3, 0.4) is 0 Å². The van der Waals surface area contributed by atoms with E-state index in [0.717, 1.165) is 16.8 Å². The predicted molar refractivity (Wildman–Crippen MR) is 112 cm³/mol. The van der Waals surface area contributed by atoms with E-state index in [-0.39, 0.29) is 24.0 Å². The molecule has 1 N–H and O–H groups in total. The largest absolute Gasteiger partial charge is 0.333 e. The third-order valence-electron chi connectivity index (χ3n) is 5.33. The van der Waals surface area contributed by atoms with Crippen molar-refractivity contribution < 1.29 is 9.59 Å². The Morgan fingerprint density at radius 1 is 1.14 bits per heavy atom. The molecule has 2 aromatic rings. The van der Waals surface area contributed by atoms with Crippen LogP contribution in [0.1, 0.15) is 37.0 Å². The predicted octanol–water partition coefficient (Wildman–Crippen LogP) is 4.03. The molecule has 1 aliphatic heterocycles. The fraction of sp³-hybridized carbons (Fsp3) is 0.391. The van der Waals surface area contributed by atoms with Gasteiger partial charge in [-0.05, 0) is 56.5 Å². The quantitative estimate of drug-likeness (QED) is 0.853. The van der Waals surface area contributed by atoms with Gasteiger partial charge in [-0.3, -0.25) is 4.79 Å². The van der Waals surface area contributed by atoms with Crippen LogP contribution < -0.4 is 10.2 Å². The lowest BCUT2D eigenvalue weighted by Crippen LogP contribution is -2.48. The second-order valence-corrected chi connectivity index (χ2v) is 7.83. The van der Waals surface area contributed by atoms with Crippen LogP contribution >= 0.6 is 0 Å².